The molecule has 2 fully saturated rings. The van der Waals surface area contributed by atoms with Gasteiger partial charge in [0.05, 0.1) is 35.1 Å². The van der Waals surface area contributed by atoms with Crippen molar-refractivity contribution in [3.63, 3.8) is 0 Å². The van der Waals surface area contributed by atoms with Crippen molar-refractivity contribution in [2.45, 2.75) is 84.2 Å². The molecule has 2 aliphatic rings. The summed E-state index contributed by atoms with van der Waals surface area (Å²) in [6, 6.07) is 18.4. The minimum atomic E-state index is -0.738. The second kappa shape index (κ2) is 17.4. The molecule has 3 aromatic heterocycles. The second-order valence-electron chi connectivity index (χ2n) is 16.0. The molecule has 0 aliphatic carbocycles. The number of aryl methyl sites for hydroxylation is 1. The summed E-state index contributed by atoms with van der Waals surface area (Å²) in [6.07, 6.45) is 3.50. The van der Waals surface area contributed by atoms with Crippen LogP contribution in [0.4, 0.5) is 4.79 Å². The van der Waals surface area contributed by atoms with Crippen LogP contribution in [0.5, 0.6) is 5.88 Å². The standard InChI is InChI=1S/C44H47Cl2N7O6/c1-25-18-27(22-53-38(56)19-30(50-41(25)53)24-52(43(57)59-44(2,3)4)23-29-14-17-37(55)49-29)31-8-6-9-32(39(31)45)33-10-7-11-34(40(33)46)35-15-12-26(42(51-35)58-5)20-47-21-28-13-16-36(54)48-28/h6-12,15,18-19,22,28-29,47H,13-14,16-17,20-21,23-24H2,1-5H3,(H,48,54)(H,49,55)/t28-,29-/m0/s1. The largest absolute Gasteiger partial charge is 0.481 e. The summed E-state index contributed by atoms with van der Waals surface area (Å²) in [6.45, 7) is 8.63. The summed E-state index contributed by atoms with van der Waals surface area (Å²) in [5.74, 6) is 0.486. The van der Waals surface area contributed by atoms with Gasteiger partial charge >= 0.3 is 6.09 Å². The van der Waals surface area contributed by atoms with E-state index in [4.69, 9.17) is 42.6 Å². The molecule has 0 spiro atoms. The quantitative estimate of drug-likeness (QED) is 0.119. The Bertz CT molecular complexity index is 2500. The van der Waals surface area contributed by atoms with E-state index in [1.807, 2.05) is 61.5 Å². The van der Waals surface area contributed by atoms with E-state index in [1.54, 1.807) is 34.1 Å². The molecule has 15 heteroatoms. The molecule has 0 bridgehead atoms. The Morgan fingerprint density at radius 2 is 1.54 bits per heavy atom. The van der Waals surface area contributed by atoms with Crippen LogP contribution < -0.4 is 26.2 Å². The number of carbonyl (C=O) groups is 3. The maximum absolute atomic E-state index is 13.7. The monoisotopic (exact) mass is 839 g/mol. The lowest BCUT2D eigenvalue weighted by atomic mass is 9.97. The van der Waals surface area contributed by atoms with Crippen LogP contribution in [0.3, 0.4) is 0 Å². The number of hydrogen-bond acceptors (Lipinski definition) is 9. The van der Waals surface area contributed by atoms with Crippen molar-refractivity contribution in [3.05, 3.63) is 104 Å². The fourth-order valence-electron chi connectivity index (χ4n) is 7.49. The van der Waals surface area contributed by atoms with Crippen LogP contribution in [0.25, 0.3) is 39.2 Å². The Kier molecular flexibility index (Phi) is 12.3. The Morgan fingerprint density at radius 3 is 2.19 bits per heavy atom. The number of pyridine rings is 2. The highest BCUT2D eigenvalue weighted by Crippen LogP contribution is 2.42. The van der Waals surface area contributed by atoms with Gasteiger partial charge in [-0.2, -0.15) is 0 Å². The van der Waals surface area contributed by atoms with E-state index in [1.165, 1.54) is 15.4 Å². The Balaban J connectivity index is 1.15. The number of nitrogens with one attached hydrogen (secondary N) is 3. The van der Waals surface area contributed by atoms with Crippen molar-refractivity contribution in [2.75, 3.05) is 20.2 Å². The maximum atomic E-state index is 13.7. The SMILES string of the molecule is COc1nc(-c2cccc(-c3cccc(-c4cc(C)c5nc(CN(C[C@@H]6CCC(=O)N6)C(=O)OC(C)(C)C)cc(=O)n5c4)c3Cl)c2Cl)ccc1CNC[C@@H]1CCC(=O)N1. The molecular formula is C44H47Cl2N7O6. The number of carbonyl (C=O) groups excluding carboxylic acids is 3. The Morgan fingerprint density at radius 1 is 0.898 bits per heavy atom. The normalized spacial score (nSPS) is 16.6. The first kappa shape index (κ1) is 41.7. The average molecular weight is 841 g/mol. The molecular weight excluding hydrogens is 793 g/mol. The molecule has 2 atom stereocenters. The van der Waals surface area contributed by atoms with Gasteiger partial charge in [0, 0.05) is 90.2 Å². The number of aromatic nitrogens is 3. The number of hydrogen-bond donors (Lipinski definition) is 3. The van der Waals surface area contributed by atoms with Crippen LogP contribution >= 0.6 is 23.2 Å². The minimum absolute atomic E-state index is 0.0217. The van der Waals surface area contributed by atoms with Crippen molar-refractivity contribution in [2.24, 2.45) is 0 Å². The minimum Gasteiger partial charge on any atom is -0.481 e. The van der Waals surface area contributed by atoms with Crippen molar-refractivity contribution in [1.29, 1.82) is 0 Å². The van der Waals surface area contributed by atoms with Crippen LogP contribution in [0.2, 0.25) is 10.0 Å². The maximum Gasteiger partial charge on any atom is 0.410 e. The number of amides is 3. The third kappa shape index (κ3) is 9.53. The molecule has 308 valence electrons. The average Bonchev–Trinajstić information content (AvgIpc) is 3.81. The lowest BCUT2D eigenvalue weighted by Gasteiger charge is -2.29. The van der Waals surface area contributed by atoms with Gasteiger partial charge in [-0.05, 0) is 58.2 Å². The molecule has 59 heavy (non-hydrogen) atoms. The third-order valence-electron chi connectivity index (χ3n) is 10.3. The molecule has 0 radical (unpaired) electrons. The van der Waals surface area contributed by atoms with Gasteiger partial charge in [-0.25, -0.2) is 14.8 Å². The zero-order valence-electron chi connectivity index (χ0n) is 33.7. The van der Waals surface area contributed by atoms with Gasteiger partial charge in [0.2, 0.25) is 17.7 Å². The number of ether oxygens (including phenoxy) is 2. The molecule has 2 saturated heterocycles. The number of benzene rings is 2. The fraction of sp³-hybridized carbons (Fsp3) is 0.364. The molecule has 13 nitrogen and oxygen atoms in total. The first-order valence-electron chi connectivity index (χ1n) is 19.6. The number of nitrogens with zero attached hydrogens (tertiary/aromatic N) is 4. The van der Waals surface area contributed by atoms with E-state index in [9.17, 15) is 19.2 Å². The van der Waals surface area contributed by atoms with Crippen LogP contribution in [0, 0.1) is 6.92 Å². The summed E-state index contributed by atoms with van der Waals surface area (Å²) in [4.78, 5) is 61.6. The zero-order valence-corrected chi connectivity index (χ0v) is 35.2. The van der Waals surface area contributed by atoms with E-state index >= 15 is 0 Å². The number of fused-ring (bicyclic) bond motifs is 1. The smallest absolute Gasteiger partial charge is 0.410 e. The van der Waals surface area contributed by atoms with Crippen molar-refractivity contribution in [3.8, 4) is 39.4 Å². The van der Waals surface area contributed by atoms with Gasteiger partial charge in [-0.15, -0.1) is 0 Å². The van der Waals surface area contributed by atoms with E-state index in [0.29, 0.717) is 93.1 Å². The molecule has 0 unspecified atom stereocenters. The van der Waals surface area contributed by atoms with Gasteiger partial charge in [-0.3, -0.25) is 18.8 Å². The molecule has 2 aliphatic heterocycles. The van der Waals surface area contributed by atoms with Crippen LogP contribution in [-0.2, 0) is 27.4 Å². The molecule has 2 aromatic carbocycles. The molecule has 5 aromatic rings. The van der Waals surface area contributed by atoms with Gasteiger partial charge < -0.3 is 30.3 Å². The van der Waals surface area contributed by atoms with Crippen molar-refractivity contribution in [1.82, 2.24) is 35.2 Å². The topological polar surface area (TPSA) is 156 Å². The Labute approximate surface area is 352 Å². The lowest BCUT2D eigenvalue weighted by Crippen LogP contribution is -2.44. The Hall–Kier alpha value is -5.50. The summed E-state index contributed by atoms with van der Waals surface area (Å²) in [7, 11) is 1.58. The number of methoxy groups -OCH3 is 1. The van der Waals surface area contributed by atoms with E-state index in [2.05, 4.69) is 16.0 Å². The molecule has 7 rings (SSSR count). The highest BCUT2D eigenvalue weighted by atomic mass is 35.5. The van der Waals surface area contributed by atoms with Gasteiger partial charge in [0.15, 0.2) is 0 Å². The van der Waals surface area contributed by atoms with Gasteiger partial charge in [0.25, 0.3) is 5.56 Å². The van der Waals surface area contributed by atoms with Gasteiger partial charge in [0.1, 0.15) is 11.2 Å². The van der Waals surface area contributed by atoms with Crippen LogP contribution in [-0.4, -0.2) is 75.1 Å². The summed E-state index contributed by atoms with van der Waals surface area (Å²) >= 11 is 14.3. The zero-order chi connectivity index (χ0) is 42.0. The first-order valence-corrected chi connectivity index (χ1v) is 20.4. The highest BCUT2D eigenvalue weighted by Gasteiger charge is 2.29. The summed E-state index contributed by atoms with van der Waals surface area (Å²) in [5.41, 5.74) is 5.47. The van der Waals surface area contributed by atoms with Crippen LogP contribution in [0.15, 0.2) is 71.7 Å². The molecule has 3 amide bonds. The molecule has 0 saturated carbocycles. The lowest BCUT2D eigenvalue weighted by molar-refractivity contribution is -0.120. The van der Waals surface area contributed by atoms with E-state index in [0.717, 1.165) is 17.5 Å². The van der Waals surface area contributed by atoms with E-state index < -0.39 is 11.7 Å². The van der Waals surface area contributed by atoms with Crippen molar-refractivity contribution < 1.29 is 23.9 Å². The first-order chi connectivity index (χ1) is 28.2. The predicted molar refractivity (Wildman–Crippen MR) is 228 cm³/mol. The van der Waals surface area contributed by atoms with Gasteiger partial charge in [-0.1, -0.05) is 65.7 Å². The number of rotatable bonds is 12. The summed E-state index contributed by atoms with van der Waals surface area (Å²) < 4.78 is 12.8. The van der Waals surface area contributed by atoms with E-state index in [-0.39, 0.29) is 42.5 Å². The molecule has 5 heterocycles. The second-order valence-corrected chi connectivity index (χ2v) is 16.7. The van der Waals surface area contributed by atoms with Crippen LogP contribution in [0.1, 0.15) is 63.3 Å². The third-order valence-corrected chi connectivity index (χ3v) is 11.1. The molecule has 3 N–H and O–H groups in total. The van der Waals surface area contributed by atoms with Crippen molar-refractivity contribution >= 4 is 46.8 Å². The predicted octanol–water partition coefficient (Wildman–Crippen LogP) is 7.10. The summed E-state index contributed by atoms with van der Waals surface area (Å²) in [5, 5.41) is 10.2. The number of halogens is 2. The fourth-order valence-corrected chi connectivity index (χ4v) is 8.15. The highest BCUT2D eigenvalue weighted by molar-refractivity contribution is 6.39.